The van der Waals surface area contributed by atoms with Gasteiger partial charge >= 0.3 is 0 Å². The van der Waals surface area contributed by atoms with Gasteiger partial charge in [0.25, 0.3) is 0 Å². The maximum Gasteiger partial charge on any atom is 0.135 e. The third-order valence-corrected chi connectivity index (χ3v) is 3.14. The second kappa shape index (κ2) is 5.48. The quantitative estimate of drug-likeness (QED) is 0.833. The van der Waals surface area contributed by atoms with E-state index in [2.05, 4.69) is 20.9 Å². The normalized spacial score (nSPS) is 10.4. The summed E-state index contributed by atoms with van der Waals surface area (Å²) in [6, 6.07) is 8.56. The molecule has 94 valence electrons. The molecule has 1 aromatic heterocycles. The highest BCUT2D eigenvalue weighted by Crippen LogP contribution is 2.27. The molecule has 4 heteroatoms. The molecule has 2 nitrogen and oxygen atoms in total. The van der Waals surface area contributed by atoms with Crippen LogP contribution in [0.5, 0.6) is 0 Å². The predicted molar refractivity (Wildman–Crippen MR) is 75.8 cm³/mol. The fraction of sp³-hybridized carbons (Fsp3) is 0.214. The molecule has 0 unspecified atom stereocenters. The van der Waals surface area contributed by atoms with Crippen LogP contribution in [-0.4, -0.2) is 11.5 Å². The molecule has 0 spiro atoms. The molecule has 1 aromatic carbocycles. The summed E-state index contributed by atoms with van der Waals surface area (Å²) in [6.07, 6.45) is 1.75. The standard InChI is InChI=1S/C14H14BrFN2/c1-3-18(13-6-4-5-12(16)8-13)14-10(2)7-11(15)9-17-14/h4-9H,3H2,1-2H3. The van der Waals surface area contributed by atoms with E-state index in [9.17, 15) is 4.39 Å². The second-order valence-electron chi connectivity index (χ2n) is 4.02. The van der Waals surface area contributed by atoms with Gasteiger partial charge in [0.05, 0.1) is 0 Å². The van der Waals surface area contributed by atoms with Crippen LogP contribution in [0.25, 0.3) is 0 Å². The Balaban J connectivity index is 2.45. The minimum absolute atomic E-state index is 0.235. The molecule has 0 saturated carbocycles. The molecule has 2 aromatic rings. The molecule has 0 saturated heterocycles. The second-order valence-corrected chi connectivity index (χ2v) is 4.93. The number of rotatable bonds is 3. The van der Waals surface area contributed by atoms with E-state index in [4.69, 9.17) is 0 Å². The van der Waals surface area contributed by atoms with Crippen LogP contribution in [0.1, 0.15) is 12.5 Å². The van der Waals surface area contributed by atoms with Gasteiger partial charge in [-0.2, -0.15) is 0 Å². The minimum atomic E-state index is -0.235. The highest BCUT2D eigenvalue weighted by Gasteiger charge is 2.12. The van der Waals surface area contributed by atoms with E-state index in [1.54, 1.807) is 12.3 Å². The number of benzene rings is 1. The topological polar surface area (TPSA) is 16.1 Å². The third-order valence-electron chi connectivity index (χ3n) is 2.71. The first kappa shape index (κ1) is 13.0. The fourth-order valence-electron chi connectivity index (χ4n) is 1.91. The van der Waals surface area contributed by atoms with Crippen molar-refractivity contribution < 1.29 is 4.39 Å². The Morgan fingerprint density at radius 1 is 1.33 bits per heavy atom. The molecule has 2 rings (SSSR count). The number of anilines is 2. The molecule has 0 amide bonds. The molecule has 0 N–H and O–H groups in total. The lowest BCUT2D eigenvalue weighted by Crippen LogP contribution is -2.18. The average Bonchev–Trinajstić information content (AvgIpc) is 2.33. The highest BCUT2D eigenvalue weighted by atomic mass is 79.9. The van der Waals surface area contributed by atoms with E-state index < -0.39 is 0 Å². The molecule has 0 aliphatic carbocycles. The lowest BCUT2D eigenvalue weighted by molar-refractivity contribution is 0.627. The van der Waals surface area contributed by atoms with Crippen LogP contribution < -0.4 is 4.90 Å². The van der Waals surface area contributed by atoms with Crippen molar-refractivity contribution in [1.29, 1.82) is 0 Å². The molecule has 0 fully saturated rings. The number of nitrogens with zero attached hydrogens (tertiary/aromatic N) is 2. The van der Waals surface area contributed by atoms with Gasteiger partial charge in [0.2, 0.25) is 0 Å². The van der Waals surface area contributed by atoms with Crippen LogP contribution in [0.3, 0.4) is 0 Å². The lowest BCUT2D eigenvalue weighted by Gasteiger charge is -2.23. The molecular formula is C14H14BrFN2. The minimum Gasteiger partial charge on any atom is -0.326 e. The molecular weight excluding hydrogens is 295 g/mol. The summed E-state index contributed by atoms with van der Waals surface area (Å²) in [5, 5.41) is 0. The number of pyridine rings is 1. The Bertz CT molecular complexity index is 557. The summed E-state index contributed by atoms with van der Waals surface area (Å²) in [5.41, 5.74) is 1.87. The fourth-order valence-corrected chi connectivity index (χ4v) is 2.36. The molecule has 1 heterocycles. The van der Waals surface area contributed by atoms with Gasteiger partial charge in [0.1, 0.15) is 11.6 Å². The largest absolute Gasteiger partial charge is 0.326 e. The molecule has 0 aliphatic rings. The van der Waals surface area contributed by atoms with Crippen LogP contribution in [-0.2, 0) is 0 Å². The van der Waals surface area contributed by atoms with Crippen LogP contribution >= 0.6 is 15.9 Å². The highest BCUT2D eigenvalue weighted by molar-refractivity contribution is 9.10. The summed E-state index contributed by atoms with van der Waals surface area (Å²) >= 11 is 3.39. The van der Waals surface area contributed by atoms with Crippen molar-refractivity contribution in [3.8, 4) is 0 Å². The van der Waals surface area contributed by atoms with Crippen molar-refractivity contribution in [3.05, 3.63) is 52.4 Å². The molecule has 0 aliphatic heterocycles. The van der Waals surface area contributed by atoms with Gasteiger partial charge in [0, 0.05) is 22.9 Å². The van der Waals surface area contributed by atoms with Gasteiger partial charge in [-0.15, -0.1) is 0 Å². The summed E-state index contributed by atoms with van der Waals surface area (Å²) in [4.78, 5) is 6.40. The van der Waals surface area contributed by atoms with E-state index >= 15 is 0 Å². The smallest absolute Gasteiger partial charge is 0.135 e. The predicted octanol–water partition coefficient (Wildman–Crippen LogP) is 4.45. The van der Waals surface area contributed by atoms with Crippen molar-refractivity contribution in [2.75, 3.05) is 11.4 Å². The zero-order valence-electron chi connectivity index (χ0n) is 10.3. The van der Waals surface area contributed by atoms with Gasteiger partial charge in [-0.05, 0) is 59.6 Å². The van der Waals surface area contributed by atoms with Gasteiger partial charge in [-0.1, -0.05) is 6.07 Å². The van der Waals surface area contributed by atoms with Crippen molar-refractivity contribution in [1.82, 2.24) is 4.98 Å². The van der Waals surface area contributed by atoms with Crippen LogP contribution in [0.15, 0.2) is 41.0 Å². The molecule has 0 radical (unpaired) electrons. The van der Waals surface area contributed by atoms with E-state index in [-0.39, 0.29) is 5.82 Å². The Morgan fingerprint density at radius 3 is 2.72 bits per heavy atom. The van der Waals surface area contributed by atoms with Crippen molar-refractivity contribution >= 4 is 27.4 Å². The Kier molecular flexibility index (Phi) is 3.97. The zero-order valence-corrected chi connectivity index (χ0v) is 11.9. The SMILES string of the molecule is CCN(c1cccc(F)c1)c1ncc(Br)cc1C. The Morgan fingerprint density at radius 2 is 2.11 bits per heavy atom. The van der Waals surface area contributed by atoms with Gasteiger partial charge < -0.3 is 4.90 Å². The Hall–Kier alpha value is -1.42. The number of halogens is 2. The summed E-state index contributed by atoms with van der Waals surface area (Å²) in [5.74, 6) is 0.618. The maximum atomic E-state index is 13.3. The summed E-state index contributed by atoms with van der Waals surface area (Å²) in [7, 11) is 0. The average molecular weight is 309 g/mol. The molecule has 18 heavy (non-hydrogen) atoms. The van der Waals surface area contributed by atoms with Gasteiger partial charge in [0.15, 0.2) is 0 Å². The van der Waals surface area contributed by atoms with E-state index in [0.717, 1.165) is 28.1 Å². The van der Waals surface area contributed by atoms with E-state index in [1.807, 2.05) is 30.9 Å². The monoisotopic (exact) mass is 308 g/mol. The first-order valence-corrected chi connectivity index (χ1v) is 6.56. The van der Waals surface area contributed by atoms with Crippen molar-refractivity contribution in [3.63, 3.8) is 0 Å². The Labute approximate surface area is 115 Å². The number of hydrogen-bond donors (Lipinski definition) is 0. The zero-order chi connectivity index (χ0) is 13.1. The molecule has 0 atom stereocenters. The maximum absolute atomic E-state index is 13.3. The van der Waals surface area contributed by atoms with Crippen LogP contribution in [0.2, 0.25) is 0 Å². The first-order valence-electron chi connectivity index (χ1n) is 5.77. The van der Waals surface area contributed by atoms with Gasteiger partial charge in [-0.25, -0.2) is 9.37 Å². The van der Waals surface area contributed by atoms with Gasteiger partial charge in [-0.3, -0.25) is 0 Å². The lowest BCUT2D eigenvalue weighted by atomic mass is 10.2. The number of aromatic nitrogens is 1. The third kappa shape index (κ3) is 2.70. The van der Waals surface area contributed by atoms with E-state index in [0.29, 0.717) is 0 Å². The first-order chi connectivity index (χ1) is 8.61. The number of hydrogen-bond acceptors (Lipinski definition) is 2. The summed E-state index contributed by atoms with van der Waals surface area (Å²) in [6.45, 7) is 4.75. The van der Waals surface area contributed by atoms with Crippen molar-refractivity contribution in [2.45, 2.75) is 13.8 Å². The molecule has 0 bridgehead atoms. The van der Waals surface area contributed by atoms with Crippen LogP contribution in [0, 0.1) is 12.7 Å². The van der Waals surface area contributed by atoms with Crippen molar-refractivity contribution in [2.24, 2.45) is 0 Å². The van der Waals surface area contributed by atoms with Crippen LogP contribution in [0.4, 0.5) is 15.9 Å². The van der Waals surface area contributed by atoms with E-state index in [1.165, 1.54) is 12.1 Å². The summed E-state index contributed by atoms with van der Waals surface area (Å²) < 4.78 is 14.2. The number of aryl methyl sites for hydroxylation is 1.